The van der Waals surface area contributed by atoms with E-state index in [1.807, 2.05) is 17.0 Å². The van der Waals surface area contributed by atoms with Gasteiger partial charge in [-0.1, -0.05) is 12.1 Å². The summed E-state index contributed by atoms with van der Waals surface area (Å²) < 4.78 is 11.2. The van der Waals surface area contributed by atoms with E-state index in [9.17, 15) is 5.11 Å². The number of rotatable bonds is 9. The molecule has 2 saturated heterocycles. The lowest BCUT2D eigenvalue weighted by molar-refractivity contribution is 0.0322. The largest absolute Gasteiger partial charge is 0.492 e. The van der Waals surface area contributed by atoms with Crippen LogP contribution in [-0.4, -0.2) is 84.7 Å². The van der Waals surface area contributed by atoms with Gasteiger partial charge in [0, 0.05) is 51.7 Å². The molecule has 2 fully saturated rings. The van der Waals surface area contributed by atoms with E-state index < -0.39 is 5.60 Å². The van der Waals surface area contributed by atoms with Gasteiger partial charge in [0.05, 0.1) is 25.4 Å². The molecule has 0 saturated carbocycles. The molecule has 2 aliphatic rings. The Morgan fingerprint density at radius 1 is 1.10 bits per heavy atom. The highest BCUT2D eigenvalue weighted by atomic mass is 16.5. The smallest absolute Gasteiger partial charge is 0.225 e. The fourth-order valence-corrected chi connectivity index (χ4v) is 3.89. The van der Waals surface area contributed by atoms with Gasteiger partial charge in [0.25, 0.3) is 0 Å². The van der Waals surface area contributed by atoms with Crippen LogP contribution in [0.4, 0.5) is 5.95 Å². The van der Waals surface area contributed by atoms with E-state index >= 15 is 0 Å². The lowest BCUT2D eigenvalue weighted by atomic mass is 10.0. The lowest BCUT2D eigenvalue weighted by Crippen LogP contribution is -2.43. The summed E-state index contributed by atoms with van der Waals surface area (Å²) in [6.07, 6.45) is 4.16. The number of morpholine rings is 1. The molecule has 3 heterocycles. The Balaban J connectivity index is 1.16. The predicted molar refractivity (Wildman–Crippen MR) is 115 cm³/mol. The summed E-state index contributed by atoms with van der Waals surface area (Å²) >= 11 is 0. The second-order valence-electron chi connectivity index (χ2n) is 7.99. The minimum absolute atomic E-state index is 0.536. The number of aliphatic hydroxyl groups is 1. The number of aromatic nitrogens is 2. The Labute approximate surface area is 177 Å². The number of nitrogens with one attached hydrogen (secondary N) is 1. The third kappa shape index (κ3) is 5.89. The molecule has 2 aliphatic heterocycles. The molecule has 2 N–H and O–H groups in total. The number of benzene rings is 1. The van der Waals surface area contributed by atoms with Crippen LogP contribution in [0.15, 0.2) is 42.7 Å². The zero-order valence-corrected chi connectivity index (χ0v) is 17.4. The van der Waals surface area contributed by atoms with Crippen molar-refractivity contribution in [1.82, 2.24) is 20.2 Å². The summed E-state index contributed by atoms with van der Waals surface area (Å²) in [6.45, 7) is 7.75. The van der Waals surface area contributed by atoms with Gasteiger partial charge in [-0.25, -0.2) is 9.97 Å². The Morgan fingerprint density at radius 2 is 1.87 bits per heavy atom. The molecule has 4 rings (SSSR count). The number of ether oxygens (including phenoxy) is 2. The summed E-state index contributed by atoms with van der Waals surface area (Å²) in [7, 11) is 0. The van der Waals surface area contributed by atoms with Gasteiger partial charge in [-0.3, -0.25) is 4.90 Å². The second kappa shape index (κ2) is 10.2. The average molecular weight is 414 g/mol. The molecule has 0 aliphatic carbocycles. The van der Waals surface area contributed by atoms with Crippen molar-refractivity contribution in [2.24, 2.45) is 0 Å². The maximum Gasteiger partial charge on any atom is 0.225 e. The van der Waals surface area contributed by atoms with Crippen LogP contribution in [0.5, 0.6) is 5.75 Å². The lowest BCUT2D eigenvalue weighted by Gasteiger charge is -2.26. The third-order valence-corrected chi connectivity index (χ3v) is 5.65. The molecule has 0 radical (unpaired) electrons. The number of anilines is 1. The normalized spacial score (nSPS) is 22.4. The van der Waals surface area contributed by atoms with Crippen LogP contribution in [-0.2, 0) is 11.3 Å². The van der Waals surface area contributed by atoms with Gasteiger partial charge in [-0.15, -0.1) is 0 Å². The molecule has 8 heteroatoms. The van der Waals surface area contributed by atoms with Gasteiger partial charge in [-0.2, -0.15) is 0 Å². The minimum atomic E-state index is -0.762. The van der Waals surface area contributed by atoms with E-state index in [1.165, 1.54) is 5.56 Å². The molecule has 2 aromatic rings. The van der Waals surface area contributed by atoms with Crippen molar-refractivity contribution < 1.29 is 14.6 Å². The second-order valence-corrected chi connectivity index (χ2v) is 7.99. The number of hydrogen-bond donors (Lipinski definition) is 2. The van der Waals surface area contributed by atoms with Gasteiger partial charge in [0.2, 0.25) is 5.95 Å². The predicted octanol–water partition coefficient (Wildman–Crippen LogP) is 0.919. The van der Waals surface area contributed by atoms with Crippen LogP contribution < -0.4 is 15.0 Å². The maximum atomic E-state index is 10.9. The van der Waals surface area contributed by atoms with Gasteiger partial charge in [-0.05, 0) is 30.2 Å². The number of nitrogens with zero attached hydrogens (tertiary/aromatic N) is 4. The summed E-state index contributed by atoms with van der Waals surface area (Å²) in [5, 5.41) is 14.2. The van der Waals surface area contributed by atoms with Crippen molar-refractivity contribution >= 4 is 5.95 Å². The SMILES string of the molecule is OC1(CNCc2ccc(OCCN3CCOCC3)cc2)CCN(c2ncccn2)C1. The fourth-order valence-electron chi connectivity index (χ4n) is 3.89. The molecule has 162 valence electrons. The topological polar surface area (TPSA) is 83.0 Å². The summed E-state index contributed by atoms with van der Waals surface area (Å²) in [4.78, 5) is 12.9. The quantitative estimate of drug-likeness (QED) is 0.628. The van der Waals surface area contributed by atoms with Crippen molar-refractivity contribution in [3.63, 3.8) is 0 Å². The van der Waals surface area contributed by atoms with E-state index in [0.29, 0.717) is 38.6 Å². The van der Waals surface area contributed by atoms with Crippen LogP contribution in [0.25, 0.3) is 0 Å². The first-order chi connectivity index (χ1) is 14.7. The molecule has 0 spiro atoms. The fraction of sp³-hybridized carbons (Fsp3) is 0.545. The standard InChI is InChI=1S/C22H31N5O3/c28-22(6-9-27(18-22)21-24-7-1-8-25-21)17-23-16-19-2-4-20(5-3-19)30-15-12-26-10-13-29-14-11-26/h1-5,7-8,23,28H,6,9-18H2. The molecular formula is C22H31N5O3. The molecule has 0 bridgehead atoms. The van der Waals surface area contributed by atoms with Crippen LogP contribution in [0.3, 0.4) is 0 Å². The molecule has 30 heavy (non-hydrogen) atoms. The minimum Gasteiger partial charge on any atom is -0.492 e. The van der Waals surface area contributed by atoms with Crippen LogP contribution in [0, 0.1) is 0 Å². The monoisotopic (exact) mass is 413 g/mol. The molecule has 1 aromatic carbocycles. The first kappa shape index (κ1) is 21.0. The molecular weight excluding hydrogens is 382 g/mol. The highest BCUT2D eigenvalue weighted by Gasteiger charge is 2.36. The van der Waals surface area contributed by atoms with Gasteiger partial charge >= 0.3 is 0 Å². The van der Waals surface area contributed by atoms with Crippen molar-refractivity contribution in [1.29, 1.82) is 0 Å². The molecule has 1 aromatic heterocycles. The Hall–Kier alpha value is -2.26. The molecule has 0 amide bonds. The molecule has 1 unspecified atom stereocenters. The Bertz CT molecular complexity index is 770. The summed E-state index contributed by atoms with van der Waals surface area (Å²) in [5.74, 6) is 1.57. The summed E-state index contributed by atoms with van der Waals surface area (Å²) in [6, 6.07) is 9.96. The first-order valence-electron chi connectivity index (χ1n) is 10.7. The third-order valence-electron chi connectivity index (χ3n) is 5.65. The average Bonchev–Trinajstić information content (AvgIpc) is 3.18. The van der Waals surface area contributed by atoms with Crippen molar-refractivity contribution in [3.05, 3.63) is 48.3 Å². The number of β-amino-alcohol motifs (C(OH)–C–C–N with tert-alkyl or cyclic N) is 1. The van der Waals surface area contributed by atoms with E-state index in [1.54, 1.807) is 18.5 Å². The number of hydrogen-bond acceptors (Lipinski definition) is 8. The highest BCUT2D eigenvalue weighted by molar-refractivity contribution is 5.32. The van der Waals surface area contributed by atoms with Gasteiger partial charge < -0.3 is 24.8 Å². The van der Waals surface area contributed by atoms with E-state index in [-0.39, 0.29) is 0 Å². The molecule has 8 nitrogen and oxygen atoms in total. The molecule has 1 atom stereocenters. The first-order valence-corrected chi connectivity index (χ1v) is 10.7. The van der Waals surface area contributed by atoms with Crippen LogP contribution in [0.2, 0.25) is 0 Å². The maximum absolute atomic E-state index is 10.9. The van der Waals surface area contributed by atoms with E-state index in [0.717, 1.165) is 45.1 Å². The Morgan fingerprint density at radius 3 is 2.63 bits per heavy atom. The van der Waals surface area contributed by atoms with Crippen LogP contribution >= 0.6 is 0 Å². The zero-order chi connectivity index (χ0) is 20.7. The summed E-state index contributed by atoms with van der Waals surface area (Å²) in [5.41, 5.74) is 0.405. The highest BCUT2D eigenvalue weighted by Crippen LogP contribution is 2.23. The van der Waals surface area contributed by atoms with E-state index in [4.69, 9.17) is 9.47 Å². The van der Waals surface area contributed by atoms with Gasteiger partial charge in [0.15, 0.2) is 0 Å². The van der Waals surface area contributed by atoms with E-state index in [2.05, 4.69) is 32.3 Å². The Kier molecular flexibility index (Phi) is 7.11. The van der Waals surface area contributed by atoms with Crippen molar-refractivity contribution in [2.75, 3.05) is 64.0 Å². The van der Waals surface area contributed by atoms with Gasteiger partial charge in [0.1, 0.15) is 12.4 Å². The zero-order valence-electron chi connectivity index (χ0n) is 17.4. The van der Waals surface area contributed by atoms with Crippen molar-refractivity contribution in [2.45, 2.75) is 18.6 Å². The van der Waals surface area contributed by atoms with Crippen LogP contribution in [0.1, 0.15) is 12.0 Å². The van der Waals surface area contributed by atoms with Crippen molar-refractivity contribution in [3.8, 4) is 5.75 Å².